The number of ether oxygens (including phenoxy) is 1. The van der Waals surface area contributed by atoms with Crippen LogP contribution < -0.4 is 0 Å². The Kier molecular flexibility index (Phi) is 3.13. The largest absolute Gasteiger partial charge is 0.381 e. The van der Waals surface area contributed by atoms with Crippen molar-refractivity contribution in [3.05, 3.63) is 22.2 Å². The normalized spacial score (nSPS) is 18.4. The Morgan fingerprint density at radius 1 is 1.36 bits per heavy atom. The molecule has 2 heterocycles. The van der Waals surface area contributed by atoms with E-state index in [1.54, 1.807) is 0 Å². The molecule has 76 valence electrons. The van der Waals surface area contributed by atoms with E-state index < -0.39 is 0 Å². The van der Waals surface area contributed by atoms with Gasteiger partial charge < -0.3 is 4.74 Å². The number of halogens is 1. The quantitative estimate of drug-likeness (QED) is 0.725. The van der Waals surface area contributed by atoms with Gasteiger partial charge in [0.25, 0.3) is 0 Å². The van der Waals surface area contributed by atoms with E-state index in [-0.39, 0.29) is 0 Å². The van der Waals surface area contributed by atoms with Gasteiger partial charge in [0, 0.05) is 30.5 Å². The standard InChI is InChI=1S/C10H13BrN2O/c1-7-6-9(13-10(11)12-7)8-2-4-14-5-3-8/h6,8H,2-5H2,1H3. The number of aryl methyl sites for hydroxylation is 1. The Morgan fingerprint density at radius 3 is 2.71 bits per heavy atom. The Labute approximate surface area is 92.0 Å². The molecule has 2 rings (SSSR count). The summed E-state index contributed by atoms with van der Waals surface area (Å²) in [5, 5.41) is 0. The molecule has 0 unspecified atom stereocenters. The minimum absolute atomic E-state index is 0.543. The first-order valence-electron chi connectivity index (χ1n) is 4.84. The van der Waals surface area contributed by atoms with Crippen molar-refractivity contribution in [2.45, 2.75) is 25.7 Å². The third-order valence-corrected chi connectivity index (χ3v) is 2.84. The van der Waals surface area contributed by atoms with Crippen LogP contribution in [0.5, 0.6) is 0 Å². The van der Waals surface area contributed by atoms with Gasteiger partial charge in [-0.25, -0.2) is 9.97 Å². The average molecular weight is 257 g/mol. The maximum absolute atomic E-state index is 5.33. The average Bonchev–Trinajstić information content (AvgIpc) is 2.18. The molecule has 3 nitrogen and oxygen atoms in total. The predicted molar refractivity (Wildman–Crippen MR) is 57.3 cm³/mol. The topological polar surface area (TPSA) is 35.0 Å². The molecular weight excluding hydrogens is 244 g/mol. The van der Waals surface area contributed by atoms with Crippen molar-refractivity contribution >= 4 is 15.9 Å². The lowest BCUT2D eigenvalue weighted by Gasteiger charge is -2.21. The number of rotatable bonds is 1. The number of hydrogen-bond donors (Lipinski definition) is 0. The van der Waals surface area contributed by atoms with E-state index in [9.17, 15) is 0 Å². The number of aromatic nitrogens is 2. The molecule has 1 aromatic heterocycles. The second-order valence-electron chi connectivity index (χ2n) is 3.59. The molecule has 0 N–H and O–H groups in total. The van der Waals surface area contributed by atoms with Crippen LogP contribution >= 0.6 is 15.9 Å². The number of hydrogen-bond acceptors (Lipinski definition) is 3. The fourth-order valence-corrected chi connectivity index (χ4v) is 2.24. The van der Waals surface area contributed by atoms with Crippen LogP contribution in [0.1, 0.15) is 30.1 Å². The van der Waals surface area contributed by atoms with E-state index in [4.69, 9.17) is 4.74 Å². The van der Waals surface area contributed by atoms with Gasteiger partial charge in [-0.05, 0) is 41.8 Å². The lowest BCUT2D eigenvalue weighted by molar-refractivity contribution is 0.0844. The zero-order valence-electron chi connectivity index (χ0n) is 8.16. The summed E-state index contributed by atoms with van der Waals surface area (Å²) in [6.45, 7) is 3.70. The summed E-state index contributed by atoms with van der Waals surface area (Å²) in [7, 11) is 0. The molecule has 0 atom stereocenters. The molecule has 1 fully saturated rings. The Hall–Kier alpha value is -0.480. The van der Waals surface area contributed by atoms with E-state index in [2.05, 4.69) is 32.0 Å². The Bertz CT molecular complexity index is 304. The third-order valence-electron chi connectivity index (χ3n) is 2.49. The highest BCUT2D eigenvalue weighted by molar-refractivity contribution is 9.10. The monoisotopic (exact) mass is 256 g/mol. The fourth-order valence-electron chi connectivity index (χ4n) is 1.76. The Morgan fingerprint density at radius 2 is 2.07 bits per heavy atom. The van der Waals surface area contributed by atoms with Crippen molar-refractivity contribution in [1.29, 1.82) is 0 Å². The van der Waals surface area contributed by atoms with Gasteiger partial charge in [-0.1, -0.05) is 0 Å². The van der Waals surface area contributed by atoms with Crippen LogP contribution in [0.15, 0.2) is 10.8 Å². The lowest BCUT2D eigenvalue weighted by Crippen LogP contribution is -2.15. The Balaban J connectivity index is 2.21. The van der Waals surface area contributed by atoms with E-state index >= 15 is 0 Å². The first-order chi connectivity index (χ1) is 6.75. The molecule has 0 bridgehead atoms. The molecule has 0 amide bonds. The molecule has 0 aromatic carbocycles. The smallest absolute Gasteiger partial charge is 0.197 e. The van der Waals surface area contributed by atoms with Crippen molar-refractivity contribution in [2.24, 2.45) is 0 Å². The highest BCUT2D eigenvalue weighted by atomic mass is 79.9. The van der Waals surface area contributed by atoms with Crippen LogP contribution in [-0.4, -0.2) is 23.2 Å². The van der Waals surface area contributed by atoms with Gasteiger partial charge in [0.1, 0.15) is 0 Å². The molecule has 0 radical (unpaired) electrons. The van der Waals surface area contributed by atoms with Crippen molar-refractivity contribution in [3.63, 3.8) is 0 Å². The molecule has 0 saturated carbocycles. The van der Waals surface area contributed by atoms with Gasteiger partial charge in [0.05, 0.1) is 0 Å². The molecule has 4 heteroatoms. The maximum atomic E-state index is 5.33. The molecule has 1 aliphatic heterocycles. The summed E-state index contributed by atoms with van der Waals surface area (Å²) in [5.74, 6) is 0.543. The van der Waals surface area contributed by atoms with Gasteiger partial charge in [-0.3, -0.25) is 0 Å². The van der Waals surface area contributed by atoms with Crippen LogP contribution in [0.3, 0.4) is 0 Å². The summed E-state index contributed by atoms with van der Waals surface area (Å²) in [5.41, 5.74) is 2.17. The van der Waals surface area contributed by atoms with E-state index in [0.29, 0.717) is 10.7 Å². The van der Waals surface area contributed by atoms with Crippen LogP contribution in [0.25, 0.3) is 0 Å². The van der Waals surface area contributed by atoms with Crippen LogP contribution in [0, 0.1) is 6.92 Å². The first kappa shape index (κ1) is 10.1. The van der Waals surface area contributed by atoms with Crippen LogP contribution in [0.2, 0.25) is 0 Å². The molecular formula is C10H13BrN2O. The molecule has 0 spiro atoms. The number of nitrogens with zero attached hydrogens (tertiary/aromatic N) is 2. The van der Waals surface area contributed by atoms with Gasteiger partial charge in [-0.15, -0.1) is 0 Å². The van der Waals surface area contributed by atoms with Gasteiger partial charge in [0.2, 0.25) is 0 Å². The summed E-state index contributed by atoms with van der Waals surface area (Å²) in [6.07, 6.45) is 2.14. The summed E-state index contributed by atoms with van der Waals surface area (Å²) in [6, 6.07) is 2.07. The molecule has 14 heavy (non-hydrogen) atoms. The van der Waals surface area contributed by atoms with Crippen molar-refractivity contribution < 1.29 is 4.74 Å². The van der Waals surface area contributed by atoms with E-state index in [1.807, 2.05) is 6.92 Å². The fraction of sp³-hybridized carbons (Fsp3) is 0.600. The van der Waals surface area contributed by atoms with Crippen molar-refractivity contribution in [3.8, 4) is 0 Å². The second kappa shape index (κ2) is 4.36. The van der Waals surface area contributed by atoms with Crippen molar-refractivity contribution in [2.75, 3.05) is 13.2 Å². The SMILES string of the molecule is Cc1cc(C2CCOCC2)nc(Br)n1. The summed E-state index contributed by atoms with van der Waals surface area (Å²) in [4.78, 5) is 8.61. The highest BCUT2D eigenvalue weighted by Crippen LogP contribution is 2.26. The zero-order valence-corrected chi connectivity index (χ0v) is 9.75. The molecule has 1 aliphatic rings. The zero-order chi connectivity index (χ0) is 9.97. The highest BCUT2D eigenvalue weighted by Gasteiger charge is 2.17. The maximum Gasteiger partial charge on any atom is 0.197 e. The van der Waals surface area contributed by atoms with E-state index in [0.717, 1.165) is 37.4 Å². The molecule has 1 saturated heterocycles. The van der Waals surface area contributed by atoms with Gasteiger partial charge >= 0.3 is 0 Å². The molecule has 0 aliphatic carbocycles. The second-order valence-corrected chi connectivity index (χ2v) is 4.30. The van der Waals surface area contributed by atoms with Crippen molar-refractivity contribution in [1.82, 2.24) is 9.97 Å². The summed E-state index contributed by atoms with van der Waals surface area (Å²) < 4.78 is 6.02. The van der Waals surface area contributed by atoms with Gasteiger partial charge in [0.15, 0.2) is 4.73 Å². The minimum Gasteiger partial charge on any atom is -0.381 e. The van der Waals surface area contributed by atoms with E-state index in [1.165, 1.54) is 0 Å². The van der Waals surface area contributed by atoms with Crippen LogP contribution in [0.4, 0.5) is 0 Å². The third kappa shape index (κ3) is 2.30. The molecule has 1 aromatic rings. The van der Waals surface area contributed by atoms with Crippen LogP contribution in [-0.2, 0) is 4.74 Å². The summed E-state index contributed by atoms with van der Waals surface area (Å²) >= 11 is 3.33. The van der Waals surface area contributed by atoms with Gasteiger partial charge in [-0.2, -0.15) is 0 Å². The lowest BCUT2D eigenvalue weighted by atomic mass is 9.96. The minimum atomic E-state index is 0.543. The first-order valence-corrected chi connectivity index (χ1v) is 5.64. The predicted octanol–water partition coefficient (Wildman–Crippen LogP) is 2.44.